The lowest BCUT2D eigenvalue weighted by atomic mass is 10.2. The zero-order valence-corrected chi connectivity index (χ0v) is 9.38. The van der Waals surface area contributed by atoms with Crippen LogP contribution in [-0.2, 0) is 0 Å². The Hall–Kier alpha value is -1.91. The second-order valence-corrected chi connectivity index (χ2v) is 3.92. The lowest BCUT2D eigenvalue weighted by Crippen LogP contribution is -2.14. The van der Waals surface area contributed by atoms with Gasteiger partial charge < -0.3 is 5.73 Å². The summed E-state index contributed by atoms with van der Waals surface area (Å²) in [6.45, 7) is 4.75. The molecule has 0 fully saturated rings. The predicted molar refractivity (Wildman–Crippen MR) is 63.5 cm³/mol. The van der Waals surface area contributed by atoms with Gasteiger partial charge in [0.25, 0.3) is 5.69 Å². The molecule has 1 rings (SSSR count). The van der Waals surface area contributed by atoms with Crippen LogP contribution in [0.15, 0.2) is 29.3 Å². The van der Waals surface area contributed by atoms with Gasteiger partial charge >= 0.3 is 0 Å². The van der Waals surface area contributed by atoms with Crippen LogP contribution in [0.3, 0.4) is 0 Å². The quantitative estimate of drug-likeness (QED) is 0.365. The Balaban J connectivity index is 2.81. The maximum atomic E-state index is 10.4. The lowest BCUT2D eigenvalue weighted by Gasteiger charge is -2.02. The first-order chi connectivity index (χ1) is 7.50. The number of nitro benzene ring substituents is 1. The van der Waals surface area contributed by atoms with E-state index in [-0.39, 0.29) is 5.69 Å². The molecule has 86 valence electrons. The molecule has 0 spiro atoms. The highest BCUT2D eigenvalue weighted by molar-refractivity contribution is 5.97. The first-order valence-electron chi connectivity index (χ1n) is 5.05. The third-order valence-corrected chi connectivity index (χ3v) is 2.00. The van der Waals surface area contributed by atoms with E-state index in [4.69, 9.17) is 5.73 Å². The fraction of sp³-hybridized carbons (Fsp3) is 0.364. The standard InChI is InChI=1S/C11H15N3O2/c1-8(2)7-13-11(12)9-3-5-10(6-4-9)14(15)16/h3-6,8H,7H2,1-2H3,(H2,12,13). The van der Waals surface area contributed by atoms with E-state index >= 15 is 0 Å². The minimum atomic E-state index is -0.439. The van der Waals surface area contributed by atoms with Gasteiger partial charge in [0.05, 0.1) is 4.92 Å². The zero-order chi connectivity index (χ0) is 12.1. The second-order valence-electron chi connectivity index (χ2n) is 3.92. The van der Waals surface area contributed by atoms with Crippen molar-refractivity contribution >= 4 is 11.5 Å². The van der Waals surface area contributed by atoms with E-state index in [1.165, 1.54) is 12.1 Å². The minimum absolute atomic E-state index is 0.0559. The monoisotopic (exact) mass is 221 g/mol. The van der Waals surface area contributed by atoms with Crippen molar-refractivity contribution in [2.45, 2.75) is 13.8 Å². The molecular weight excluding hydrogens is 206 g/mol. The maximum Gasteiger partial charge on any atom is 0.269 e. The minimum Gasteiger partial charge on any atom is -0.384 e. The summed E-state index contributed by atoms with van der Waals surface area (Å²) in [4.78, 5) is 14.2. The van der Waals surface area contributed by atoms with Crippen LogP contribution in [0.25, 0.3) is 0 Å². The molecule has 1 aromatic rings. The van der Waals surface area contributed by atoms with E-state index in [9.17, 15) is 10.1 Å². The van der Waals surface area contributed by atoms with Gasteiger partial charge in [-0.05, 0) is 18.1 Å². The van der Waals surface area contributed by atoms with Crippen LogP contribution < -0.4 is 5.73 Å². The van der Waals surface area contributed by atoms with E-state index in [1.54, 1.807) is 12.1 Å². The van der Waals surface area contributed by atoms with Gasteiger partial charge in [0.2, 0.25) is 0 Å². The first-order valence-corrected chi connectivity index (χ1v) is 5.05. The molecule has 5 heteroatoms. The Morgan fingerprint density at radius 3 is 2.44 bits per heavy atom. The fourth-order valence-corrected chi connectivity index (χ4v) is 1.13. The highest BCUT2D eigenvalue weighted by atomic mass is 16.6. The van der Waals surface area contributed by atoms with Gasteiger partial charge in [-0.2, -0.15) is 0 Å². The smallest absolute Gasteiger partial charge is 0.269 e. The van der Waals surface area contributed by atoms with Gasteiger partial charge in [-0.3, -0.25) is 15.1 Å². The topological polar surface area (TPSA) is 81.5 Å². The summed E-state index contributed by atoms with van der Waals surface area (Å²) in [5.41, 5.74) is 6.52. The average Bonchev–Trinajstić information content (AvgIpc) is 2.26. The van der Waals surface area contributed by atoms with Gasteiger partial charge in [0.15, 0.2) is 0 Å². The summed E-state index contributed by atoms with van der Waals surface area (Å²) in [5, 5.41) is 10.4. The molecule has 0 aromatic heterocycles. The van der Waals surface area contributed by atoms with E-state index in [2.05, 4.69) is 4.99 Å². The highest BCUT2D eigenvalue weighted by Crippen LogP contribution is 2.11. The molecule has 0 atom stereocenters. The molecule has 2 N–H and O–H groups in total. The van der Waals surface area contributed by atoms with Crippen LogP contribution in [0.2, 0.25) is 0 Å². The number of benzene rings is 1. The maximum absolute atomic E-state index is 10.4. The molecule has 0 aliphatic heterocycles. The van der Waals surface area contributed by atoms with Crippen molar-refractivity contribution in [1.29, 1.82) is 0 Å². The van der Waals surface area contributed by atoms with E-state index in [0.717, 1.165) is 0 Å². The normalized spacial score (nSPS) is 11.8. The van der Waals surface area contributed by atoms with Crippen LogP contribution in [0.1, 0.15) is 19.4 Å². The molecule has 1 aromatic carbocycles. The Kier molecular flexibility index (Phi) is 3.99. The average molecular weight is 221 g/mol. The summed E-state index contributed by atoms with van der Waals surface area (Å²) in [6.07, 6.45) is 0. The van der Waals surface area contributed by atoms with Crippen LogP contribution >= 0.6 is 0 Å². The van der Waals surface area contributed by atoms with Crippen LogP contribution in [-0.4, -0.2) is 17.3 Å². The van der Waals surface area contributed by atoms with E-state index < -0.39 is 4.92 Å². The Bertz CT molecular complexity index is 396. The largest absolute Gasteiger partial charge is 0.384 e. The molecule has 16 heavy (non-hydrogen) atoms. The number of non-ortho nitro benzene ring substituents is 1. The third-order valence-electron chi connectivity index (χ3n) is 2.00. The molecular formula is C11H15N3O2. The molecule has 0 aliphatic carbocycles. The van der Waals surface area contributed by atoms with Gasteiger partial charge in [0.1, 0.15) is 5.84 Å². The van der Waals surface area contributed by atoms with Crippen LogP contribution in [0.5, 0.6) is 0 Å². The molecule has 0 heterocycles. The van der Waals surface area contributed by atoms with Crippen molar-refractivity contribution in [1.82, 2.24) is 0 Å². The van der Waals surface area contributed by atoms with E-state index in [1.807, 2.05) is 13.8 Å². The van der Waals surface area contributed by atoms with Crippen molar-refractivity contribution in [3.05, 3.63) is 39.9 Å². The summed E-state index contributed by atoms with van der Waals surface area (Å²) >= 11 is 0. The van der Waals surface area contributed by atoms with E-state index in [0.29, 0.717) is 23.9 Å². The molecule has 0 aliphatic rings. The molecule has 0 bridgehead atoms. The van der Waals surface area contributed by atoms with Gasteiger partial charge in [0, 0.05) is 24.2 Å². The molecule has 0 saturated heterocycles. The summed E-state index contributed by atoms with van der Waals surface area (Å²) < 4.78 is 0. The Labute approximate surface area is 94.1 Å². The SMILES string of the molecule is CC(C)CN=C(N)c1ccc([N+](=O)[O-])cc1. The second kappa shape index (κ2) is 5.25. The molecule has 0 amide bonds. The Morgan fingerprint density at radius 1 is 1.44 bits per heavy atom. The highest BCUT2D eigenvalue weighted by Gasteiger charge is 2.05. The van der Waals surface area contributed by atoms with Crippen molar-refractivity contribution in [2.24, 2.45) is 16.6 Å². The van der Waals surface area contributed by atoms with Crippen molar-refractivity contribution in [3.8, 4) is 0 Å². The number of nitro groups is 1. The molecule has 0 saturated carbocycles. The van der Waals surface area contributed by atoms with Crippen LogP contribution in [0, 0.1) is 16.0 Å². The zero-order valence-electron chi connectivity index (χ0n) is 9.38. The number of nitrogens with two attached hydrogens (primary N) is 1. The third kappa shape index (κ3) is 3.34. The summed E-state index contributed by atoms with van der Waals surface area (Å²) in [6, 6.07) is 6.06. The number of nitrogens with zero attached hydrogens (tertiary/aromatic N) is 2. The Morgan fingerprint density at radius 2 is 2.00 bits per heavy atom. The number of rotatable bonds is 4. The van der Waals surface area contributed by atoms with Gasteiger partial charge in [-0.15, -0.1) is 0 Å². The number of hydrogen-bond acceptors (Lipinski definition) is 3. The van der Waals surface area contributed by atoms with Crippen molar-refractivity contribution in [3.63, 3.8) is 0 Å². The molecule has 5 nitrogen and oxygen atoms in total. The van der Waals surface area contributed by atoms with Gasteiger partial charge in [-0.1, -0.05) is 13.8 Å². The molecule has 0 radical (unpaired) electrons. The summed E-state index contributed by atoms with van der Waals surface area (Å²) in [5.74, 6) is 0.861. The lowest BCUT2D eigenvalue weighted by molar-refractivity contribution is -0.384. The number of amidine groups is 1. The fourth-order valence-electron chi connectivity index (χ4n) is 1.13. The molecule has 0 unspecified atom stereocenters. The van der Waals surface area contributed by atoms with Crippen molar-refractivity contribution in [2.75, 3.05) is 6.54 Å². The summed E-state index contributed by atoms with van der Waals surface area (Å²) in [7, 11) is 0. The number of aliphatic imine (C=N–C) groups is 1. The van der Waals surface area contributed by atoms with Gasteiger partial charge in [-0.25, -0.2) is 0 Å². The number of hydrogen-bond donors (Lipinski definition) is 1. The van der Waals surface area contributed by atoms with Crippen molar-refractivity contribution < 1.29 is 4.92 Å². The van der Waals surface area contributed by atoms with Crippen LogP contribution in [0.4, 0.5) is 5.69 Å². The predicted octanol–water partition coefficient (Wildman–Crippen LogP) is 1.96. The first kappa shape index (κ1) is 12.2.